The van der Waals surface area contributed by atoms with Crippen LogP contribution in [0.1, 0.15) is 58.8 Å². The van der Waals surface area contributed by atoms with Crippen molar-refractivity contribution in [1.82, 2.24) is 29.7 Å². The van der Waals surface area contributed by atoms with Crippen molar-refractivity contribution >= 4 is 34.9 Å². The molecule has 220 valence electrons. The molecule has 43 heavy (non-hydrogen) atoms. The predicted octanol–water partition coefficient (Wildman–Crippen LogP) is 5.25. The Morgan fingerprint density at radius 3 is 2.58 bits per heavy atom. The highest BCUT2D eigenvalue weighted by Gasteiger charge is 2.54. The fraction of sp³-hybridized carbons (Fsp3) is 0.345. The van der Waals surface area contributed by atoms with E-state index >= 15 is 0 Å². The number of halogens is 4. The van der Waals surface area contributed by atoms with Gasteiger partial charge in [-0.15, -0.1) is 0 Å². The molecule has 1 aliphatic heterocycles. The molecular formula is C29H24ClF3N8O2. The third kappa shape index (κ3) is 4.53. The quantitative estimate of drug-likeness (QED) is 0.304. The number of hydrogen-bond acceptors (Lipinski definition) is 7. The molecule has 1 N–H and O–H groups in total. The minimum Gasteiger partial charge on any atom is -0.318 e. The molecular weight excluding hydrogens is 585 g/mol. The van der Waals surface area contributed by atoms with Gasteiger partial charge in [-0.3, -0.25) is 29.1 Å². The van der Waals surface area contributed by atoms with E-state index < -0.39 is 34.8 Å². The van der Waals surface area contributed by atoms with Crippen LogP contribution in [-0.4, -0.2) is 48.1 Å². The SMILES string of the molecule is Cc1ncc(-c2c(C(F)F)ccc(Cl)c2F)nc1C(=O)Nc1cnn(C2(c3cnc(N4C[C@H]5C[C@H]5C4=O)c(C)n3)CC2)c1. The summed E-state index contributed by atoms with van der Waals surface area (Å²) in [5.74, 6) is -0.505. The summed E-state index contributed by atoms with van der Waals surface area (Å²) < 4.78 is 43.9. The van der Waals surface area contributed by atoms with Gasteiger partial charge in [0.2, 0.25) is 5.91 Å². The fourth-order valence-electron chi connectivity index (χ4n) is 5.76. The highest BCUT2D eigenvalue weighted by atomic mass is 35.5. The molecule has 1 saturated heterocycles. The zero-order chi connectivity index (χ0) is 30.2. The van der Waals surface area contributed by atoms with E-state index in [9.17, 15) is 22.8 Å². The maximum atomic E-state index is 14.8. The Balaban J connectivity index is 1.12. The number of aryl methyl sites for hydroxylation is 2. The average molecular weight is 609 g/mol. The number of fused-ring (bicyclic) bond motifs is 1. The summed E-state index contributed by atoms with van der Waals surface area (Å²) in [4.78, 5) is 45.2. The third-order valence-corrected chi connectivity index (χ3v) is 8.66. The second-order valence-corrected chi connectivity index (χ2v) is 11.6. The Morgan fingerprint density at radius 2 is 1.91 bits per heavy atom. The van der Waals surface area contributed by atoms with Crippen molar-refractivity contribution in [1.29, 1.82) is 0 Å². The Bertz CT molecular complexity index is 1830. The number of alkyl halides is 2. The van der Waals surface area contributed by atoms with Gasteiger partial charge in [-0.2, -0.15) is 5.10 Å². The second kappa shape index (κ2) is 9.83. The standard InChI is InChI=1S/C29H24ClF3N8O2/c1-13-24(39-20(9-34-13)22-17(25(32)33)3-4-19(30)23(22)31)27(42)38-16-8-36-41(12-16)29(5-6-29)21-10-35-26(14(2)37-21)40-11-15-7-18(15)28(40)43/h3-4,8-10,12,15,18,25H,5-7,11H2,1-2H3,(H,38,42)/t15-,18-/m1/s1. The van der Waals surface area contributed by atoms with Crippen LogP contribution >= 0.6 is 11.6 Å². The maximum absolute atomic E-state index is 14.8. The van der Waals surface area contributed by atoms with Gasteiger partial charge in [-0.1, -0.05) is 17.7 Å². The van der Waals surface area contributed by atoms with Gasteiger partial charge in [-0.25, -0.2) is 23.1 Å². The molecule has 2 atom stereocenters. The molecule has 7 rings (SSSR count). The van der Waals surface area contributed by atoms with E-state index in [0.29, 0.717) is 35.4 Å². The molecule has 4 aromatic rings. The van der Waals surface area contributed by atoms with Crippen molar-refractivity contribution in [2.45, 2.75) is 45.1 Å². The third-order valence-electron chi connectivity index (χ3n) is 8.37. The number of nitrogens with zero attached hydrogens (tertiary/aromatic N) is 7. The van der Waals surface area contributed by atoms with Crippen molar-refractivity contribution in [3.8, 4) is 11.3 Å². The van der Waals surface area contributed by atoms with Crippen LogP contribution in [0, 0.1) is 31.5 Å². The molecule has 3 fully saturated rings. The van der Waals surface area contributed by atoms with E-state index in [0.717, 1.165) is 37.6 Å². The van der Waals surface area contributed by atoms with E-state index in [1.807, 2.05) is 6.92 Å². The molecule has 14 heteroatoms. The number of rotatable bonds is 7. The first-order valence-corrected chi connectivity index (χ1v) is 14.1. The minimum atomic E-state index is -3.00. The Hall–Kier alpha value is -4.39. The summed E-state index contributed by atoms with van der Waals surface area (Å²) in [6, 6.07) is 2.06. The van der Waals surface area contributed by atoms with Gasteiger partial charge < -0.3 is 5.32 Å². The Kier molecular flexibility index (Phi) is 6.27. The molecule has 3 aromatic heterocycles. The normalized spacial score (nSPS) is 20.0. The van der Waals surface area contributed by atoms with Crippen molar-refractivity contribution in [3.63, 3.8) is 0 Å². The second-order valence-electron chi connectivity index (χ2n) is 11.2. The highest BCUT2D eigenvalue weighted by molar-refractivity contribution is 6.31. The number of piperidine rings is 1. The predicted molar refractivity (Wildman–Crippen MR) is 149 cm³/mol. The average Bonchev–Trinajstić information content (AvgIpc) is 3.88. The highest BCUT2D eigenvalue weighted by Crippen LogP contribution is 2.50. The molecule has 0 spiro atoms. The van der Waals surface area contributed by atoms with Gasteiger partial charge in [0.15, 0.2) is 11.6 Å². The summed E-state index contributed by atoms with van der Waals surface area (Å²) in [7, 11) is 0. The summed E-state index contributed by atoms with van der Waals surface area (Å²) in [6.07, 6.45) is 5.40. The smallest absolute Gasteiger partial charge is 0.276 e. The van der Waals surface area contributed by atoms with Crippen LogP contribution < -0.4 is 10.2 Å². The molecule has 3 aliphatic rings. The van der Waals surface area contributed by atoms with Crippen LogP contribution in [0.3, 0.4) is 0 Å². The number of benzene rings is 1. The van der Waals surface area contributed by atoms with Gasteiger partial charge in [0.1, 0.15) is 11.2 Å². The molecule has 0 bridgehead atoms. The topological polar surface area (TPSA) is 119 Å². The van der Waals surface area contributed by atoms with Crippen LogP contribution in [0.4, 0.5) is 24.7 Å². The molecule has 0 radical (unpaired) electrons. The summed E-state index contributed by atoms with van der Waals surface area (Å²) >= 11 is 5.85. The molecule has 0 unspecified atom stereocenters. The van der Waals surface area contributed by atoms with E-state index in [2.05, 4.69) is 25.4 Å². The lowest BCUT2D eigenvalue weighted by atomic mass is 10.0. The number of carbonyl (C=O) groups is 2. The van der Waals surface area contributed by atoms with E-state index in [-0.39, 0.29) is 33.9 Å². The Morgan fingerprint density at radius 1 is 1.12 bits per heavy atom. The van der Waals surface area contributed by atoms with Crippen LogP contribution in [0.2, 0.25) is 5.02 Å². The number of anilines is 2. The number of carbonyl (C=O) groups excluding carboxylic acids is 2. The molecule has 1 aromatic carbocycles. The van der Waals surface area contributed by atoms with E-state index in [1.165, 1.54) is 13.1 Å². The number of hydrogen-bond donors (Lipinski definition) is 1. The molecule has 2 amide bonds. The minimum absolute atomic E-state index is 0.112. The summed E-state index contributed by atoms with van der Waals surface area (Å²) in [6.45, 7) is 4.05. The summed E-state index contributed by atoms with van der Waals surface area (Å²) in [5, 5.41) is 6.81. The van der Waals surface area contributed by atoms with Gasteiger partial charge in [0.25, 0.3) is 12.3 Å². The number of aromatic nitrogens is 6. The fourth-order valence-corrected chi connectivity index (χ4v) is 5.91. The van der Waals surface area contributed by atoms with Crippen molar-refractivity contribution in [2.75, 3.05) is 16.8 Å². The van der Waals surface area contributed by atoms with E-state index in [1.54, 1.807) is 22.0 Å². The summed E-state index contributed by atoms with van der Waals surface area (Å²) in [5.41, 5.74) is -0.138. The van der Waals surface area contributed by atoms with Gasteiger partial charge in [0, 0.05) is 29.8 Å². The lowest BCUT2D eigenvalue weighted by Crippen LogP contribution is -2.30. The lowest BCUT2D eigenvalue weighted by molar-refractivity contribution is -0.118. The molecule has 2 saturated carbocycles. The largest absolute Gasteiger partial charge is 0.318 e. The van der Waals surface area contributed by atoms with Crippen molar-refractivity contribution < 1.29 is 22.8 Å². The van der Waals surface area contributed by atoms with Crippen molar-refractivity contribution in [2.24, 2.45) is 11.8 Å². The number of nitrogens with one attached hydrogen (secondary N) is 1. The van der Waals surface area contributed by atoms with Crippen LogP contribution in [0.15, 0.2) is 36.9 Å². The van der Waals surface area contributed by atoms with Gasteiger partial charge in [-0.05, 0) is 45.1 Å². The maximum Gasteiger partial charge on any atom is 0.276 e. The zero-order valence-corrected chi connectivity index (χ0v) is 23.7. The van der Waals surface area contributed by atoms with Crippen molar-refractivity contribution in [3.05, 3.63) is 76.1 Å². The van der Waals surface area contributed by atoms with Crippen LogP contribution in [0.25, 0.3) is 11.3 Å². The molecule has 2 aliphatic carbocycles. The van der Waals surface area contributed by atoms with Gasteiger partial charge >= 0.3 is 0 Å². The Labute approximate surface area is 248 Å². The first-order valence-electron chi connectivity index (χ1n) is 13.7. The van der Waals surface area contributed by atoms with E-state index in [4.69, 9.17) is 16.6 Å². The monoisotopic (exact) mass is 608 g/mol. The first-order chi connectivity index (χ1) is 20.6. The lowest BCUT2D eigenvalue weighted by Gasteiger charge is -2.21. The molecule has 4 heterocycles. The van der Waals surface area contributed by atoms with Gasteiger partial charge in [0.05, 0.1) is 52.1 Å². The number of amides is 2. The van der Waals surface area contributed by atoms with Crippen LogP contribution in [0.5, 0.6) is 0 Å². The first kappa shape index (κ1) is 27.4. The zero-order valence-electron chi connectivity index (χ0n) is 23.0. The molecule has 10 nitrogen and oxygen atoms in total. The van der Waals surface area contributed by atoms with Crippen LogP contribution in [-0.2, 0) is 10.3 Å².